The Bertz CT molecular complexity index is 337. The summed E-state index contributed by atoms with van der Waals surface area (Å²) in [5.74, 6) is 0. The Hall–Kier alpha value is -0.390. The van der Waals surface area contributed by atoms with Crippen molar-refractivity contribution in [2.75, 3.05) is 7.11 Å². The van der Waals surface area contributed by atoms with Gasteiger partial charge in [-0.05, 0) is 21.3 Å². The van der Waals surface area contributed by atoms with E-state index in [-0.39, 0.29) is 17.6 Å². The van der Waals surface area contributed by atoms with Crippen LogP contribution >= 0.6 is 15.9 Å². The molecule has 16 heavy (non-hydrogen) atoms. The Kier molecular flexibility index (Phi) is 4.15. The van der Waals surface area contributed by atoms with E-state index in [1.807, 2.05) is 7.05 Å². The number of nitrogens with two attached hydrogens (primary N) is 1. The van der Waals surface area contributed by atoms with Crippen LogP contribution in [-0.2, 0) is 11.8 Å². The number of hydrogen-bond donors (Lipinski definition) is 1. The topological polar surface area (TPSA) is 53.1 Å². The van der Waals surface area contributed by atoms with Crippen LogP contribution in [0.2, 0.25) is 0 Å². The van der Waals surface area contributed by atoms with Crippen molar-refractivity contribution in [1.29, 1.82) is 0 Å². The zero-order chi connectivity index (χ0) is 12.5. The summed E-state index contributed by atoms with van der Waals surface area (Å²) in [4.78, 5) is 0. The van der Waals surface area contributed by atoms with Crippen molar-refractivity contribution in [3.8, 4) is 0 Å². The summed E-state index contributed by atoms with van der Waals surface area (Å²) in [6.45, 7) is 6.35. The monoisotopic (exact) mass is 289 g/mol. The van der Waals surface area contributed by atoms with E-state index in [1.165, 1.54) is 0 Å². The van der Waals surface area contributed by atoms with E-state index < -0.39 is 0 Å². The van der Waals surface area contributed by atoms with Gasteiger partial charge in [-0.25, -0.2) is 0 Å². The minimum atomic E-state index is -0.202. The molecule has 0 aromatic carbocycles. The number of rotatable bonds is 3. The van der Waals surface area contributed by atoms with Gasteiger partial charge in [-0.15, -0.1) is 0 Å². The minimum Gasteiger partial charge on any atom is -0.379 e. The minimum absolute atomic E-state index is 0.0160. The normalized spacial score (nSPS) is 16.2. The molecule has 1 aromatic heterocycles. The first-order valence-electron chi connectivity index (χ1n) is 5.24. The first kappa shape index (κ1) is 13.7. The Morgan fingerprint density at radius 3 is 2.38 bits per heavy atom. The summed E-state index contributed by atoms with van der Waals surface area (Å²) in [5, 5.41) is 4.17. The molecule has 0 aliphatic heterocycles. The summed E-state index contributed by atoms with van der Waals surface area (Å²) in [6, 6.07) is -0.202. The summed E-state index contributed by atoms with van der Waals surface area (Å²) < 4.78 is 8.23. The van der Waals surface area contributed by atoms with Gasteiger partial charge in [0.15, 0.2) is 0 Å². The van der Waals surface area contributed by atoms with Crippen LogP contribution in [0.15, 0.2) is 10.7 Å². The second-order valence-corrected chi connectivity index (χ2v) is 5.90. The molecule has 2 atom stereocenters. The van der Waals surface area contributed by atoms with Crippen LogP contribution in [-0.4, -0.2) is 23.0 Å². The smallest absolute Gasteiger partial charge is 0.0827 e. The van der Waals surface area contributed by atoms with Gasteiger partial charge >= 0.3 is 0 Å². The maximum Gasteiger partial charge on any atom is 0.0827 e. The molecule has 0 aliphatic carbocycles. The molecule has 5 heteroatoms. The molecule has 0 bridgehead atoms. The molecule has 2 unspecified atom stereocenters. The van der Waals surface area contributed by atoms with Crippen LogP contribution in [0.4, 0.5) is 0 Å². The highest BCUT2D eigenvalue weighted by Crippen LogP contribution is 2.33. The lowest BCUT2D eigenvalue weighted by Crippen LogP contribution is -2.39. The molecule has 1 heterocycles. The number of halogens is 1. The number of hydrogen-bond acceptors (Lipinski definition) is 3. The van der Waals surface area contributed by atoms with Crippen molar-refractivity contribution >= 4 is 15.9 Å². The average molecular weight is 290 g/mol. The molecule has 0 aliphatic rings. The van der Waals surface area contributed by atoms with Gasteiger partial charge in [-0.3, -0.25) is 4.68 Å². The van der Waals surface area contributed by atoms with E-state index in [4.69, 9.17) is 10.5 Å². The van der Waals surface area contributed by atoms with Gasteiger partial charge in [0.2, 0.25) is 0 Å². The van der Waals surface area contributed by atoms with Gasteiger partial charge in [-0.2, -0.15) is 5.10 Å². The van der Waals surface area contributed by atoms with Crippen LogP contribution in [0, 0.1) is 5.41 Å². The van der Waals surface area contributed by atoms with Gasteiger partial charge in [0, 0.05) is 14.2 Å². The average Bonchev–Trinajstić information content (AvgIpc) is 2.44. The molecule has 0 fully saturated rings. The van der Waals surface area contributed by atoms with Gasteiger partial charge in [0.05, 0.1) is 28.5 Å². The quantitative estimate of drug-likeness (QED) is 0.929. The second-order valence-electron chi connectivity index (χ2n) is 5.05. The summed E-state index contributed by atoms with van der Waals surface area (Å²) >= 11 is 3.46. The molecule has 0 spiro atoms. The third kappa shape index (κ3) is 2.64. The van der Waals surface area contributed by atoms with Crippen LogP contribution in [0.1, 0.15) is 32.5 Å². The molecule has 92 valence electrons. The summed E-state index contributed by atoms with van der Waals surface area (Å²) in [6.07, 6.45) is 1.70. The third-order valence-electron chi connectivity index (χ3n) is 2.69. The van der Waals surface area contributed by atoms with E-state index in [2.05, 4.69) is 41.8 Å². The number of ether oxygens (including phenoxy) is 1. The molecule has 1 rings (SSSR count). The Balaban J connectivity index is 3.05. The van der Waals surface area contributed by atoms with Crippen molar-refractivity contribution in [3.05, 3.63) is 16.4 Å². The standard InChI is InChI=1S/C11H20BrN3O/c1-11(2,3)10(16-5)8(13)9-7(12)6-14-15(9)4/h6,8,10H,13H2,1-5H3. The Labute approximate surface area is 105 Å². The molecule has 2 N–H and O–H groups in total. The van der Waals surface area contributed by atoms with Crippen LogP contribution < -0.4 is 5.73 Å². The molecule has 0 saturated heterocycles. The highest BCUT2D eigenvalue weighted by molar-refractivity contribution is 9.10. The SMILES string of the molecule is COC(C(N)c1c(Br)cnn1C)C(C)(C)C. The van der Waals surface area contributed by atoms with Crippen LogP contribution in [0.25, 0.3) is 0 Å². The number of aryl methyl sites for hydroxylation is 1. The third-order valence-corrected chi connectivity index (χ3v) is 3.30. The molecule has 0 amide bonds. The largest absolute Gasteiger partial charge is 0.379 e. The van der Waals surface area contributed by atoms with Crippen LogP contribution in [0.3, 0.4) is 0 Å². The Morgan fingerprint density at radius 2 is 2.06 bits per heavy atom. The maximum absolute atomic E-state index is 6.27. The molecule has 0 saturated carbocycles. The van der Waals surface area contributed by atoms with E-state index in [1.54, 1.807) is 18.0 Å². The van der Waals surface area contributed by atoms with Crippen molar-refractivity contribution in [1.82, 2.24) is 9.78 Å². The predicted molar refractivity (Wildman–Crippen MR) is 68.1 cm³/mol. The van der Waals surface area contributed by atoms with Crippen molar-refractivity contribution < 1.29 is 4.74 Å². The molecular formula is C11H20BrN3O. The van der Waals surface area contributed by atoms with Gasteiger partial charge in [0.1, 0.15) is 0 Å². The number of aromatic nitrogens is 2. The fraction of sp³-hybridized carbons (Fsp3) is 0.727. The zero-order valence-corrected chi connectivity index (χ0v) is 12.1. The van der Waals surface area contributed by atoms with Crippen molar-refractivity contribution in [2.45, 2.75) is 32.9 Å². The highest BCUT2D eigenvalue weighted by Gasteiger charge is 2.33. The van der Waals surface area contributed by atoms with E-state index in [9.17, 15) is 0 Å². The van der Waals surface area contributed by atoms with E-state index in [0.29, 0.717) is 0 Å². The molecule has 4 nitrogen and oxygen atoms in total. The fourth-order valence-corrected chi connectivity index (χ4v) is 2.59. The van der Waals surface area contributed by atoms with E-state index >= 15 is 0 Å². The first-order chi connectivity index (χ1) is 7.29. The summed E-state index contributed by atoms with van der Waals surface area (Å²) in [5.41, 5.74) is 7.21. The molecule has 1 aromatic rings. The number of methoxy groups -OCH3 is 1. The van der Waals surface area contributed by atoms with Crippen molar-refractivity contribution in [2.24, 2.45) is 18.2 Å². The zero-order valence-electron chi connectivity index (χ0n) is 10.5. The first-order valence-corrected chi connectivity index (χ1v) is 6.04. The lowest BCUT2D eigenvalue weighted by molar-refractivity contribution is -0.00426. The Morgan fingerprint density at radius 1 is 1.50 bits per heavy atom. The second kappa shape index (κ2) is 4.85. The summed E-state index contributed by atoms with van der Waals surface area (Å²) in [7, 11) is 3.58. The van der Waals surface area contributed by atoms with Crippen LogP contribution in [0.5, 0.6) is 0 Å². The van der Waals surface area contributed by atoms with Gasteiger partial charge in [0.25, 0.3) is 0 Å². The highest BCUT2D eigenvalue weighted by atomic mass is 79.9. The predicted octanol–water partition coefficient (Wildman–Crippen LogP) is 2.24. The lowest BCUT2D eigenvalue weighted by atomic mass is 9.83. The maximum atomic E-state index is 6.27. The fourth-order valence-electron chi connectivity index (χ4n) is 1.98. The number of nitrogens with zero attached hydrogens (tertiary/aromatic N) is 2. The molecule has 0 radical (unpaired) electrons. The lowest BCUT2D eigenvalue weighted by Gasteiger charge is -2.34. The van der Waals surface area contributed by atoms with Gasteiger partial charge in [-0.1, -0.05) is 20.8 Å². The molecular weight excluding hydrogens is 270 g/mol. The van der Waals surface area contributed by atoms with Gasteiger partial charge < -0.3 is 10.5 Å². The van der Waals surface area contributed by atoms with Crippen molar-refractivity contribution in [3.63, 3.8) is 0 Å². The van der Waals surface area contributed by atoms with E-state index in [0.717, 1.165) is 10.2 Å².